The number of hydrogen-bond acceptors (Lipinski definition) is 6. The summed E-state index contributed by atoms with van der Waals surface area (Å²) in [6.07, 6.45) is 7.24. The number of ether oxygens (including phenoxy) is 1. The molecular formula is C22H36BN3O4. The van der Waals surface area contributed by atoms with E-state index in [1.165, 1.54) is 0 Å². The molecule has 1 atom stereocenters. The van der Waals surface area contributed by atoms with Crippen molar-refractivity contribution in [3.05, 3.63) is 18.5 Å². The molecule has 1 N–H and O–H groups in total. The zero-order valence-electron chi connectivity index (χ0n) is 19.6. The monoisotopic (exact) mass is 417 g/mol. The minimum absolute atomic E-state index is 0.0344. The van der Waals surface area contributed by atoms with E-state index in [2.05, 4.69) is 22.2 Å². The first-order valence-electron chi connectivity index (χ1n) is 10.7. The molecule has 0 aromatic carbocycles. The Kier molecular flexibility index (Phi) is 7.69. The van der Waals surface area contributed by atoms with Gasteiger partial charge in [0.1, 0.15) is 5.60 Å². The number of rotatable bonds is 7. The van der Waals surface area contributed by atoms with Crippen LogP contribution < -0.4 is 10.8 Å². The van der Waals surface area contributed by atoms with Crippen LogP contribution in [0.3, 0.4) is 0 Å². The summed E-state index contributed by atoms with van der Waals surface area (Å²) < 4.78 is 17.5. The van der Waals surface area contributed by atoms with Gasteiger partial charge in [-0.05, 0) is 61.0 Å². The molecule has 1 aromatic heterocycles. The predicted octanol–water partition coefficient (Wildman–Crippen LogP) is 4.17. The Balaban J connectivity index is 2.00. The van der Waals surface area contributed by atoms with Gasteiger partial charge in [-0.1, -0.05) is 13.3 Å². The summed E-state index contributed by atoms with van der Waals surface area (Å²) in [5.74, 6) is 0. The van der Waals surface area contributed by atoms with E-state index >= 15 is 0 Å². The summed E-state index contributed by atoms with van der Waals surface area (Å²) >= 11 is 0. The van der Waals surface area contributed by atoms with Crippen LogP contribution in [-0.4, -0.2) is 47.3 Å². The third-order valence-electron chi connectivity index (χ3n) is 5.26. The highest BCUT2D eigenvalue weighted by Crippen LogP contribution is 2.36. The fourth-order valence-corrected chi connectivity index (χ4v) is 2.98. The summed E-state index contributed by atoms with van der Waals surface area (Å²) in [7, 11) is -0.473. The van der Waals surface area contributed by atoms with Gasteiger partial charge in [-0.2, -0.15) is 0 Å². The Labute approximate surface area is 181 Å². The van der Waals surface area contributed by atoms with Crippen molar-refractivity contribution in [3.8, 4) is 0 Å². The minimum Gasteiger partial charge on any atom is -0.444 e. The number of amides is 1. The van der Waals surface area contributed by atoms with Crippen LogP contribution in [0.4, 0.5) is 10.5 Å². The number of nitrogens with one attached hydrogen (secondary N) is 1. The van der Waals surface area contributed by atoms with Crippen molar-refractivity contribution >= 4 is 30.6 Å². The lowest BCUT2D eigenvalue weighted by Crippen LogP contribution is -2.41. The topological polar surface area (TPSA) is 82.0 Å². The van der Waals surface area contributed by atoms with Crippen LogP contribution in [0, 0.1) is 0 Å². The molecule has 8 heteroatoms. The van der Waals surface area contributed by atoms with E-state index in [0.29, 0.717) is 6.42 Å². The second-order valence-electron chi connectivity index (χ2n) is 9.74. The number of aromatic nitrogens is 1. The first-order valence-corrected chi connectivity index (χ1v) is 10.7. The van der Waals surface area contributed by atoms with Gasteiger partial charge in [0.15, 0.2) is 0 Å². The second kappa shape index (κ2) is 9.48. The molecule has 0 bridgehead atoms. The Morgan fingerprint density at radius 1 is 1.27 bits per heavy atom. The van der Waals surface area contributed by atoms with Crippen LogP contribution >= 0.6 is 0 Å². The highest BCUT2D eigenvalue weighted by atomic mass is 16.7. The van der Waals surface area contributed by atoms with E-state index in [1.54, 1.807) is 12.4 Å². The lowest BCUT2D eigenvalue weighted by Gasteiger charge is -2.32. The number of carbonyl (C=O) groups excluding carboxylic acids is 1. The number of hydrogen-bond donors (Lipinski definition) is 1. The van der Waals surface area contributed by atoms with E-state index < -0.39 is 30.0 Å². The van der Waals surface area contributed by atoms with Gasteiger partial charge >= 0.3 is 13.2 Å². The Bertz CT molecular complexity index is 743. The van der Waals surface area contributed by atoms with Crippen molar-refractivity contribution in [3.63, 3.8) is 0 Å². The fourth-order valence-electron chi connectivity index (χ4n) is 2.98. The second-order valence-corrected chi connectivity index (χ2v) is 9.74. The van der Waals surface area contributed by atoms with Gasteiger partial charge in [-0.15, -0.1) is 0 Å². The van der Waals surface area contributed by atoms with E-state index in [1.807, 2.05) is 60.7 Å². The van der Waals surface area contributed by atoms with Crippen molar-refractivity contribution < 1.29 is 18.8 Å². The maximum atomic E-state index is 12.1. The molecule has 0 radical (unpaired) electrons. The van der Waals surface area contributed by atoms with Crippen molar-refractivity contribution in [2.75, 3.05) is 0 Å². The van der Waals surface area contributed by atoms with Crippen LogP contribution in [-0.2, 0) is 14.0 Å². The van der Waals surface area contributed by atoms with Crippen molar-refractivity contribution in [2.45, 2.75) is 97.5 Å². The third-order valence-corrected chi connectivity index (χ3v) is 5.26. The largest absolute Gasteiger partial charge is 0.496 e. The van der Waals surface area contributed by atoms with E-state index in [4.69, 9.17) is 14.0 Å². The number of alkyl carbamates (subject to hydrolysis) is 1. The molecular weight excluding hydrogens is 381 g/mol. The molecule has 1 aliphatic heterocycles. The lowest BCUT2D eigenvalue weighted by molar-refractivity contribution is 0.00578. The van der Waals surface area contributed by atoms with Crippen LogP contribution in [0.25, 0.3) is 0 Å². The molecule has 0 spiro atoms. The summed E-state index contributed by atoms with van der Waals surface area (Å²) in [6.45, 7) is 15.7. The van der Waals surface area contributed by atoms with Crippen LogP contribution in [0.1, 0.15) is 74.7 Å². The van der Waals surface area contributed by atoms with Crippen molar-refractivity contribution in [1.29, 1.82) is 0 Å². The minimum atomic E-state index is -0.519. The first kappa shape index (κ1) is 24.3. The zero-order chi connectivity index (χ0) is 22.6. The van der Waals surface area contributed by atoms with E-state index in [0.717, 1.165) is 24.0 Å². The van der Waals surface area contributed by atoms with E-state index in [9.17, 15) is 4.79 Å². The van der Waals surface area contributed by atoms with Gasteiger partial charge in [-0.25, -0.2) is 4.79 Å². The number of carbonyl (C=O) groups is 1. The number of aliphatic imine (C=N–C) groups is 1. The SMILES string of the molecule is CCCC(CC=Nc1cncc(B2OC(C)(C)C(C)(C)O2)c1)NC(=O)OC(C)(C)C. The molecule has 2 rings (SSSR count). The zero-order valence-corrected chi connectivity index (χ0v) is 19.6. The van der Waals surface area contributed by atoms with Gasteiger partial charge in [0, 0.05) is 30.3 Å². The average molecular weight is 417 g/mol. The molecule has 166 valence electrons. The smallest absolute Gasteiger partial charge is 0.444 e. The molecule has 1 amide bonds. The Hall–Kier alpha value is -1.93. The molecule has 1 aliphatic rings. The van der Waals surface area contributed by atoms with Gasteiger partial charge in [-0.3, -0.25) is 9.98 Å². The quantitative estimate of drug-likeness (QED) is 0.532. The fraction of sp³-hybridized carbons (Fsp3) is 0.682. The maximum absolute atomic E-state index is 12.1. The molecule has 0 saturated carbocycles. The van der Waals surface area contributed by atoms with Crippen LogP contribution in [0.5, 0.6) is 0 Å². The van der Waals surface area contributed by atoms with Crippen molar-refractivity contribution in [1.82, 2.24) is 10.3 Å². The molecule has 0 aliphatic carbocycles. The lowest BCUT2D eigenvalue weighted by atomic mass is 9.80. The van der Waals surface area contributed by atoms with Gasteiger partial charge < -0.3 is 19.4 Å². The third kappa shape index (κ3) is 6.81. The van der Waals surface area contributed by atoms with Gasteiger partial charge in [0.25, 0.3) is 0 Å². The molecule has 1 fully saturated rings. The summed E-state index contributed by atoms with van der Waals surface area (Å²) in [5, 5.41) is 2.93. The number of nitrogens with zero attached hydrogens (tertiary/aromatic N) is 2. The normalized spacial score (nSPS) is 19.1. The molecule has 7 nitrogen and oxygen atoms in total. The summed E-state index contributed by atoms with van der Waals surface area (Å²) in [4.78, 5) is 20.9. The van der Waals surface area contributed by atoms with Gasteiger partial charge in [0.2, 0.25) is 0 Å². The highest BCUT2D eigenvalue weighted by Gasteiger charge is 2.51. The first-order chi connectivity index (χ1) is 13.8. The Morgan fingerprint density at radius 3 is 2.47 bits per heavy atom. The van der Waals surface area contributed by atoms with Crippen molar-refractivity contribution in [2.24, 2.45) is 4.99 Å². The standard InChI is InChI=1S/C22H36BN3O4/c1-9-10-17(26-19(27)28-20(2,3)4)11-12-25-18-13-16(14-24-15-18)23-29-21(5,6)22(7,8)30-23/h12-15,17H,9-11H2,1-8H3,(H,26,27). The summed E-state index contributed by atoms with van der Waals surface area (Å²) in [5.41, 5.74) is 0.221. The molecule has 30 heavy (non-hydrogen) atoms. The maximum Gasteiger partial charge on any atom is 0.496 e. The Morgan fingerprint density at radius 2 is 1.90 bits per heavy atom. The highest BCUT2D eigenvalue weighted by molar-refractivity contribution is 6.62. The molecule has 1 aromatic rings. The van der Waals surface area contributed by atoms with Crippen LogP contribution in [0.2, 0.25) is 0 Å². The van der Waals surface area contributed by atoms with E-state index in [-0.39, 0.29) is 6.04 Å². The number of pyridine rings is 1. The predicted molar refractivity (Wildman–Crippen MR) is 121 cm³/mol. The molecule has 1 saturated heterocycles. The molecule has 1 unspecified atom stereocenters. The van der Waals surface area contributed by atoms with Crippen LogP contribution in [0.15, 0.2) is 23.5 Å². The molecule has 2 heterocycles. The summed E-state index contributed by atoms with van der Waals surface area (Å²) in [6, 6.07) is 1.88. The average Bonchev–Trinajstić information content (AvgIpc) is 2.81. The van der Waals surface area contributed by atoms with Gasteiger partial charge in [0.05, 0.1) is 23.1 Å².